The molecule has 168 valence electrons. The van der Waals surface area contributed by atoms with Gasteiger partial charge in [-0.25, -0.2) is 4.98 Å². The van der Waals surface area contributed by atoms with E-state index < -0.39 is 5.91 Å². The average molecular weight is 463 g/mol. The van der Waals surface area contributed by atoms with Crippen LogP contribution < -0.4 is 15.4 Å². The number of pyridine rings is 1. The summed E-state index contributed by atoms with van der Waals surface area (Å²) >= 11 is 5.85. The van der Waals surface area contributed by atoms with Gasteiger partial charge in [0.25, 0.3) is 11.8 Å². The van der Waals surface area contributed by atoms with Crippen molar-refractivity contribution in [1.82, 2.24) is 9.88 Å². The van der Waals surface area contributed by atoms with Gasteiger partial charge in [0.05, 0.1) is 29.1 Å². The zero-order chi connectivity index (χ0) is 24.0. The molecule has 2 amide bonds. The van der Waals surface area contributed by atoms with Crippen LogP contribution in [0.2, 0.25) is 5.02 Å². The molecule has 0 aliphatic heterocycles. The highest BCUT2D eigenvalue weighted by Crippen LogP contribution is 2.24. The number of methoxy groups -OCH3 is 1. The summed E-state index contributed by atoms with van der Waals surface area (Å²) in [5.74, 6) is -0.0217. The van der Waals surface area contributed by atoms with Crippen LogP contribution in [0.5, 0.6) is 5.75 Å². The summed E-state index contributed by atoms with van der Waals surface area (Å²) in [6, 6.07) is 15.0. The predicted octanol–water partition coefficient (Wildman–Crippen LogP) is 4.94. The van der Waals surface area contributed by atoms with Gasteiger partial charge in [0.2, 0.25) is 0 Å². The molecule has 0 unspecified atom stereocenters. The first-order valence-electron chi connectivity index (χ1n) is 9.92. The maximum absolute atomic E-state index is 12.9. The lowest BCUT2D eigenvalue weighted by Gasteiger charge is -2.15. The van der Waals surface area contributed by atoms with Crippen molar-refractivity contribution in [3.05, 3.63) is 94.8 Å². The fourth-order valence-electron chi connectivity index (χ4n) is 3.07. The highest BCUT2D eigenvalue weighted by molar-refractivity contribution is 6.30. The molecule has 1 aromatic heterocycles. The number of rotatable bonds is 7. The van der Waals surface area contributed by atoms with Crippen LogP contribution in [0, 0.1) is 0 Å². The molecule has 0 spiro atoms. The van der Waals surface area contributed by atoms with Gasteiger partial charge in [0.1, 0.15) is 11.6 Å². The summed E-state index contributed by atoms with van der Waals surface area (Å²) in [6.45, 7) is 3.70. The summed E-state index contributed by atoms with van der Waals surface area (Å²) in [4.78, 5) is 31.7. The maximum Gasteiger partial charge on any atom is 0.259 e. The largest absolute Gasteiger partial charge is 0.497 e. The third kappa shape index (κ3) is 5.80. The van der Waals surface area contributed by atoms with E-state index in [4.69, 9.17) is 16.3 Å². The number of aromatic nitrogens is 1. The number of amides is 2. The number of ether oxygens (including phenoxy) is 1. The van der Waals surface area contributed by atoms with Crippen LogP contribution in [0.3, 0.4) is 0 Å². The molecule has 8 heteroatoms. The number of nitrogens with one attached hydrogen (secondary N) is 2. The zero-order valence-electron chi connectivity index (χ0n) is 18.5. The number of nitrogens with zero attached hydrogens (tertiary/aromatic N) is 2. The second-order valence-corrected chi connectivity index (χ2v) is 7.62. The van der Waals surface area contributed by atoms with E-state index in [1.165, 1.54) is 13.3 Å². The lowest BCUT2D eigenvalue weighted by Crippen LogP contribution is -2.19. The SMILES string of the molecule is C=C=C(c1ccc(C(=O)Nc2ccc(OC)cc2C(=O)Nc2ccc(Cl)cn2)cc1)N(C)C. The Morgan fingerprint density at radius 1 is 1.00 bits per heavy atom. The quantitative estimate of drug-likeness (QED) is 0.486. The molecule has 3 rings (SSSR count). The van der Waals surface area contributed by atoms with Gasteiger partial charge in [-0.2, -0.15) is 0 Å². The van der Waals surface area contributed by atoms with Crippen LogP contribution in [0.4, 0.5) is 11.5 Å². The molecule has 0 bridgehead atoms. The Hall–Kier alpha value is -4.06. The Bertz CT molecular complexity index is 1220. The van der Waals surface area contributed by atoms with E-state index in [1.807, 2.05) is 31.1 Å². The zero-order valence-corrected chi connectivity index (χ0v) is 19.2. The minimum atomic E-state index is -0.457. The average Bonchev–Trinajstić information content (AvgIpc) is 2.81. The normalized spacial score (nSPS) is 10.1. The molecule has 0 aliphatic rings. The van der Waals surface area contributed by atoms with Gasteiger partial charge in [-0.05, 0) is 42.5 Å². The number of halogens is 1. The van der Waals surface area contributed by atoms with Crippen LogP contribution in [-0.2, 0) is 0 Å². The van der Waals surface area contributed by atoms with Crippen molar-refractivity contribution in [1.29, 1.82) is 0 Å². The molecule has 3 aromatic rings. The second kappa shape index (κ2) is 10.5. The maximum atomic E-state index is 12.9. The fraction of sp³-hybridized carbons (Fsp3) is 0.120. The second-order valence-electron chi connectivity index (χ2n) is 7.18. The third-order valence-electron chi connectivity index (χ3n) is 4.72. The first-order valence-corrected chi connectivity index (χ1v) is 10.3. The molecule has 2 aromatic carbocycles. The molecule has 0 atom stereocenters. The molecule has 0 saturated carbocycles. The number of carbonyl (C=O) groups is 2. The molecule has 0 aliphatic carbocycles. The van der Waals surface area contributed by atoms with E-state index in [-0.39, 0.29) is 11.5 Å². The molecular formula is C25H23ClN4O3. The minimum Gasteiger partial charge on any atom is -0.497 e. The first-order chi connectivity index (χ1) is 15.8. The van der Waals surface area contributed by atoms with Crippen LogP contribution in [0.1, 0.15) is 26.3 Å². The van der Waals surface area contributed by atoms with Gasteiger partial charge in [0, 0.05) is 31.4 Å². The fourth-order valence-corrected chi connectivity index (χ4v) is 3.18. The van der Waals surface area contributed by atoms with Crippen LogP contribution in [0.15, 0.2) is 73.1 Å². The number of benzene rings is 2. The van der Waals surface area contributed by atoms with Crippen molar-refractivity contribution in [3.63, 3.8) is 0 Å². The van der Waals surface area contributed by atoms with Gasteiger partial charge < -0.3 is 20.3 Å². The van der Waals surface area contributed by atoms with Gasteiger partial charge >= 0.3 is 0 Å². The predicted molar refractivity (Wildman–Crippen MR) is 131 cm³/mol. The monoisotopic (exact) mass is 462 g/mol. The van der Waals surface area contributed by atoms with Crippen molar-refractivity contribution in [2.75, 3.05) is 31.8 Å². The Labute approximate surface area is 197 Å². The highest BCUT2D eigenvalue weighted by Gasteiger charge is 2.17. The van der Waals surface area contributed by atoms with Crippen molar-refractivity contribution in [2.45, 2.75) is 0 Å². The van der Waals surface area contributed by atoms with Crippen molar-refractivity contribution in [2.24, 2.45) is 0 Å². The van der Waals surface area contributed by atoms with Crippen LogP contribution in [0.25, 0.3) is 5.70 Å². The lowest BCUT2D eigenvalue weighted by atomic mass is 10.1. The van der Waals surface area contributed by atoms with Gasteiger partial charge in [-0.15, -0.1) is 5.73 Å². The van der Waals surface area contributed by atoms with Crippen molar-refractivity contribution >= 4 is 40.6 Å². The Morgan fingerprint density at radius 3 is 2.27 bits per heavy atom. The smallest absolute Gasteiger partial charge is 0.259 e. The van der Waals surface area contributed by atoms with Gasteiger partial charge in [0.15, 0.2) is 0 Å². The summed E-state index contributed by atoms with van der Waals surface area (Å²) in [5, 5.41) is 5.94. The highest BCUT2D eigenvalue weighted by atomic mass is 35.5. The van der Waals surface area contributed by atoms with Crippen molar-refractivity contribution < 1.29 is 14.3 Å². The van der Waals surface area contributed by atoms with Crippen molar-refractivity contribution in [3.8, 4) is 5.75 Å². The van der Waals surface area contributed by atoms with E-state index in [1.54, 1.807) is 42.5 Å². The summed E-state index contributed by atoms with van der Waals surface area (Å²) in [6.07, 6.45) is 1.43. The molecular weight excluding hydrogens is 440 g/mol. The Kier molecular flexibility index (Phi) is 7.51. The Morgan fingerprint density at radius 2 is 1.70 bits per heavy atom. The van der Waals surface area contributed by atoms with Crippen LogP contribution in [-0.4, -0.2) is 42.9 Å². The van der Waals surface area contributed by atoms with E-state index in [9.17, 15) is 9.59 Å². The van der Waals surface area contributed by atoms with E-state index in [0.717, 1.165) is 11.3 Å². The third-order valence-corrected chi connectivity index (χ3v) is 4.95. The Balaban J connectivity index is 1.84. The molecule has 7 nitrogen and oxygen atoms in total. The molecule has 0 saturated heterocycles. The summed E-state index contributed by atoms with van der Waals surface area (Å²) in [7, 11) is 5.28. The molecule has 0 fully saturated rings. The van der Waals surface area contributed by atoms with Gasteiger partial charge in [-0.1, -0.05) is 30.3 Å². The van der Waals surface area contributed by atoms with Gasteiger partial charge in [-0.3, -0.25) is 9.59 Å². The molecule has 2 N–H and O–H groups in total. The molecule has 0 radical (unpaired) electrons. The number of hydrogen-bond acceptors (Lipinski definition) is 5. The number of anilines is 2. The van der Waals surface area contributed by atoms with Crippen LogP contribution >= 0.6 is 11.6 Å². The molecule has 1 heterocycles. The topological polar surface area (TPSA) is 83.6 Å². The summed E-state index contributed by atoms with van der Waals surface area (Å²) in [5.41, 5.74) is 5.56. The lowest BCUT2D eigenvalue weighted by molar-refractivity contribution is 0.102. The first kappa shape index (κ1) is 23.6. The van der Waals surface area contributed by atoms with E-state index in [2.05, 4.69) is 27.9 Å². The number of carbonyl (C=O) groups excluding carboxylic acids is 2. The summed E-state index contributed by atoms with van der Waals surface area (Å²) < 4.78 is 5.24. The number of hydrogen-bond donors (Lipinski definition) is 2. The van der Waals surface area contributed by atoms with E-state index in [0.29, 0.717) is 27.8 Å². The molecule has 33 heavy (non-hydrogen) atoms. The minimum absolute atomic E-state index is 0.223. The van der Waals surface area contributed by atoms with E-state index >= 15 is 0 Å². The standard InChI is InChI=1S/C25H23ClN4O3/c1-5-22(30(2)3)16-6-8-17(9-7-16)24(31)28-21-12-11-19(33-4)14-20(21)25(32)29-23-13-10-18(26)15-27-23/h6-15H,1H2,2-4H3,(H,28,31)(H,27,29,32).